The second kappa shape index (κ2) is 4.62. The Bertz CT molecular complexity index is 921. The zero-order valence-corrected chi connectivity index (χ0v) is 12.2. The number of hydrogen-bond donors (Lipinski definition) is 0. The maximum Gasteiger partial charge on any atom is 0.0412 e. The first-order chi connectivity index (χ1) is 9.81. The van der Waals surface area contributed by atoms with Crippen LogP contribution < -0.4 is 0 Å². The maximum atomic E-state index is 6.09. The van der Waals surface area contributed by atoms with Crippen molar-refractivity contribution in [1.29, 1.82) is 0 Å². The lowest BCUT2D eigenvalue weighted by atomic mass is 10.0. The summed E-state index contributed by atoms with van der Waals surface area (Å²) in [6, 6.07) is 23.2. The predicted molar refractivity (Wildman–Crippen MR) is 89.8 cm³/mol. The van der Waals surface area contributed by atoms with Crippen LogP contribution in [0.3, 0.4) is 0 Å². The molecule has 1 aromatic heterocycles. The molecule has 4 aromatic rings. The Morgan fingerprint density at radius 1 is 0.650 bits per heavy atom. The molecule has 4 rings (SSSR count). The standard InChI is InChI=1S/C18H11ClS/c19-14-5-3-4-12(10-14)13-8-9-18-16(11-13)15-6-1-2-7-17(15)20-18/h1-11H. The van der Waals surface area contributed by atoms with Crippen LogP contribution in [0.15, 0.2) is 66.7 Å². The summed E-state index contributed by atoms with van der Waals surface area (Å²) in [4.78, 5) is 0. The molecule has 0 radical (unpaired) electrons. The highest BCUT2D eigenvalue weighted by atomic mass is 35.5. The van der Waals surface area contributed by atoms with Crippen LogP contribution in [0.4, 0.5) is 0 Å². The van der Waals surface area contributed by atoms with Crippen molar-refractivity contribution in [2.45, 2.75) is 0 Å². The van der Waals surface area contributed by atoms with Crippen molar-refractivity contribution >= 4 is 43.1 Å². The normalized spacial score (nSPS) is 11.2. The van der Waals surface area contributed by atoms with Gasteiger partial charge in [0.1, 0.15) is 0 Å². The molecule has 0 aliphatic rings. The first-order valence-corrected chi connectivity index (χ1v) is 7.68. The fourth-order valence-electron chi connectivity index (χ4n) is 2.57. The van der Waals surface area contributed by atoms with Gasteiger partial charge in [-0.1, -0.05) is 48.0 Å². The maximum absolute atomic E-state index is 6.09. The van der Waals surface area contributed by atoms with Gasteiger partial charge in [-0.25, -0.2) is 0 Å². The highest BCUT2D eigenvalue weighted by Gasteiger charge is 2.06. The topological polar surface area (TPSA) is 0 Å². The van der Waals surface area contributed by atoms with E-state index in [-0.39, 0.29) is 0 Å². The number of thiophene rings is 1. The molecule has 0 aliphatic carbocycles. The highest BCUT2D eigenvalue weighted by Crippen LogP contribution is 2.36. The molecule has 0 unspecified atom stereocenters. The van der Waals surface area contributed by atoms with E-state index in [4.69, 9.17) is 11.6 Å². The lowest BCUT2D eigenvalue weighted by Crippen LogP contribution is -1.77. The second-order valence-electron chi connectivity index (χ2n) is 4.82. The van der Waals surface area contributed by atoms with E-state index in [1.54, 1.807) is 0 Å². The molecule has 0 spiro atoms. The number of fused-ring (bicyclic) bond motifs is 3. The summed E-state index contributed by atoms with van der Waals surface area (Å²) < 4.78 is 2.67. The fourth-order valence-corrected chi connectivity index (χ4v) is 3.85. The summed E-state index contributed by atoms with van der Waals surface area (Å²) in [5, 5.41) is 3.43. The Hall–Kier alpha value is -1.83. The summed E-state index contributed by atoms with van der Waals surface area (Å²) in [6.45, 7) is 0. The first kappa shape index (κ1) is 12.0. The van der Waals surface area contributed by atoms with Crippen molar-refractivity contribution in [3.8, 4) is 11.1 Å². The summed E-state index contributed by atoms with van der Waals surface area (Å²) >= 11 is 7.93. The zero-order valence-electron chi connectivity index (χ0n) is 10.6. The molecule has 96 valence electrons. The van der Waals surface area contributed by atoms with Gasteiger partial charge in [0.05, 0.1) is 0 Å². The summed E-state index contributed by atoms with van der Waals surface area (Å²) in [5.74, 6) is 0. The average molecular weight is 295 g/mol. The highest BCUT2D eigenvalue weighted by molar-refractivity contribution is 7.25. The van der Waals surface area contributed by atoms with Gasteiger partial charge in [0.15, 0.2) is 0 Å². The van der Waals surface area contributed by atoms with Crippen LogP contribution in [0.5, 0.6) is 0 Å². The number of benzene rings is 3. The Morgan fingerprint density at radius 2 is 1.45 bits per heavy atom. The molecule has 0 atom stereocenters. The van der Waals surface area contributed by atoms with Gasteiger partial charge in [-0.15, -0.1) is 11.3 Å². The fraction of sp³-hybridized carbons (Fsp3) is 0. The molecule has 20 heavy (non-hydrogen) atoms. The van der Waals surface area contributed by atoms with E-state index >= 15 is 0 Å². The van der Waals surface area contributed by atoms with E-state index in [2.05, 4.69) is 48.5 Å². The molecule has 0 saturated carbocycles. The van der Waals surface area contributed by atoms with Gasteiger partial charge in [-0.2, -0.15) is 0 Å². The first-order valence-electron chi connectivity index (χ1n) is 6.48. The molecule has 1 heterocycles. The lowest BCUT2D eigenvalue weighted by molar-refractivity contribution is 1.65. The zero-order chi connectivity index (χ0) is 13.5. The van der Waals surface area contributed by atoms with E-state index < -0.39 is 0 Å². The van der Waals surface area contributed by atoms with Gasteiger partial charge < -0.3 is 0 Å². The molecule has 0 nitrogen and oxygen atoms in total. The molecule has 0 N–H and O–H groups in total. The van der Waals surface area contributed by atoms with E-state index in [1.165, 1.54) is 25.7 Å². The SMILES string of the molecule is Clc1cccc(-c2ccc3sc4ccccc4c3c2)c1. The van der Waals surface area contributed by atoms with Crippen LogP contribution in [0.1, 0.15) is 0 Å². The van der Waals surface area contributed by atoms with Crippen LogP contribution >= 0.6 is 22.9 Å². The van der Waals surface area contributed by atoms with Crippen LogP contribution in [0, 0.1) is 0 Å². The number of rotatable bonds is 1. The Balaban J connectivity index is 2.00. The number of halogens is 1. The molecular weight excluding hydrogens is 284 g/mol. The molecule has 3 aromatic carbocycles. The summed E-state index contributed by atoms with van der Waals surface area (Å²) in [7, 11) is 0. The van der Waals surface area contributed by atoms with Crippen molar-refractivity contribution in [3.05, 3.63) is 71.8 Å². The van der Waals surface area contributed by atoms with Gasteiger partial charge in [0, 0.05) is 25.2 Å². The Kier molecular flexibility index (Phi) is 2.76. The van der Waals surface area contributed by atoms with Crippen LogP contribution in [0.25, 0.3) is 31.3 Å². The third kappa shape index (κ3) is 1.91. The van der Waals surface area contributed by atoms with E-state index in [0.29, 0.717) is 0 Å². The summed E-state index contributed by atoms with van der Waals surface area (Å²) in [5.41, 5.74) is 2.37. The average Bonchev–Trinajstić information content (AvgIpc) is 2.85. The van der Waals surface area contributed by atoms with Gasteiger partial charge >= 0.3 is 0 Å². The predicted octanol–water partition coefficient (Wildman–Crippen LogP) is 6.37. The van der Waals surface area contributed by atoms with E-state index in [9.17, 15) is 0 Å². The molecule has 0 aliphatic heterocycles. The Labute approximate surface area is 126 Å². The molecule has 0 fully saturated rings. The van der Waals surface area contributed by atoms with Gasteiger partial charge in [0.2, 0.25) is 0 Å². The van der Waals surface area contributed by atoms with E-state index in [0.717, 1.165) is 10.6 Å². The van der Waals surface area contributed by atoms with E-state index in [1.807, 2.05) is 29.5 Å². The minimum Gasteiger partial charge on any atom is -0.135 e. The van der Waals surface area contributed by atoms with Crippen LogP contribution in [-0.4, -0.2) is 0 Å². The van der Waals surface area contributed by atoms with Crippen molar-refractivity contribution in [1.82, 2.24) is 0 Å². The van der Waals surface area contributed by atoms with Crippen molar-refractivity contribution in [2.75, 3.05) is 0 Å². The third-order valence-corrected chi connectivity index (χ3v) is 4.92. The van der Waals surface area contributed by atoms with Gasteiger partial charge in [-0.05, 0) is 41.5 Å². The molecular formula is C18H11ClS. The van der Waals surface area contributed by atoms with Crippen molar-refractivity contribution < 1.29 is 0 Å². The van der Waals surface area contributed by atoms with Gasteiger partial charge in [0.25, 0.3) is 0 Å². The molecule has 0 amide bonds. The quantitative estimate of drug-likeness (QED) is 0.382. The minimum atomic E-state index is 0.776. The van der Waals surface area contributed by atoms with Crippen LogP contribution in [0.2, 0.25) is 5.02 Å². The minimum absolute atomic E-state index is 0.776. The second-order valence-corrected chi connectivity index (χ2v) is 6.34. The smallest absolute Gasteiger partial charge is 0.0412 e. The summed E-state index contributed by atoms with van der Waals surface area (Å²) in [6.07, 6.45) is 0. The van der Waals surface area contributed by atoms with Crippen LogP contribution in [-0.2, 0) is 0 Å². The molecule has 0 bridgehead atoms. The molecule has 0 saturated heterocycles. The third-order valence-electron chi connectivity index (χ3n) is 3.53. The number of hydrogen-bond acceptors (Lipinski definition) is 1. The lowest BCUT2D eigenvalue weighted by Gasteiger charge is -2.03. The monoisotopic (exact) mass is 294 g/mol. The largest absolute Gasteiger partial charge is 0.135 e. The van der Waals surface area contributed by atoms with Crippen molar-refractivity contribution in [2.24, 2.45) is 0 Å². The van der Waals surface area contributed by atoms with Crippen molar-refractivity contribution in [3.63, 3.8) is 0 Å². The molecule has 2 heteroatoms. The Morgan fingerprint density at radius 3 is 2.35 bits per heavy atom. The van der Waals surface area contributed by atoms with Gasteiger partial charge in [-0.3, -0.25) is 0 Å².